The van der Waals surface area contributed by atoms with Crippen molar-refractivity contribution in [3.63, 3.8) is 0 Å². The SMILES string of the molecule is Cc1cc(C=NNC(=O)CC#N)c(C)n1C1CCCCC1. The van der Waals surface area contributed by atoms with Crippen LogP contribution in [0.5, 0.6) is 0 Å². The standard InChI is InChI=1S/C16H22N4O/c1-12-10-14(11-18-19-16(21)8-9-17)13(2)20(12)15-6-4-3-5-7-15/h10-11,15H,3-8H2,1-2H3,(H,19,21). The Morgan fingerprint density at radius 3 is 2.86 bits per heavy atom. The van der Waals surface area contributed by atoms with Crippen molar-refractivity contribution in [3.8, 4) is 6.07 Å². The lowest BCUT2D eigenvalue weighted by atomic mass is 9.95. The average Bonchev–Trinajstić information content (AvgIpc) is 2.75. The summed E-state index contributed by atoms with van der Waals surface area (Å²) in [7, 11) is 0. The van der Waals surface area contributed by atoms with Crippen molar-refractivity contribution in [3.05, 3.63) is 23.0 Å². The van der Waals surface area contributed by atoms with Crippen LogP contribution in [0.2, 0.25) is 0 Å². The number of carbonyl (C=O) groups is 1. The molecular formula is C16H22N4O. The van der Waals surface area contributed by atoms with E-state index in [1.54, 1.807) is 12.3 Å². The van der Waals surface area contributed by atoms with Gasteiger partial charge in [-0.2, -0.15) is 10.4 Å². The molecule has 5 heteroatoms. The first-order valence-corrected chi connectivity index (χ1v) is 7.50. The second-order valence-electron chi connectivity index (χ2n) is 5.62. The summed E-state index contributed by atoms with van der Waals surface area (Å²) < 4.78 is 2.40. The number of rotatable bonds is 4. The lowest BCUT2D eigenvalue weighted by Gasteiger charge is -2.26. The normalized spacial score (nSPS) is 16.0. The van der Waals surface area contributed by atoms with Crippen molar-refractivity contribution in [2.24, 2.45) is 5.10 Å². The highest BCUT2D eigenvalue weighted by atomic mass is 16.2. The third kappa shape index (κ3) is 3.72. The molecule has 1 fully saturated rings. The Kier molecular flexibility index (Phi) is 5.15. The van der Waals surface area contributed by atoms with E-state index in [4.69, 9.17) is 5.26 Å². The molecule has 1 aliphatic rings. The maximum atomic E-state index is 11.2. The zero-order valence-electron chi connectivity index (χ0n) is 12.7. The van der Waals surface area contributed by atoms with Crippen molar-refractivity contribution in [2.75, 3.05) is 0 Å². The molecule has 1 aliphatic carbocycles. The minimum Gasteiger partial charge on any atom is -0.345 e. The Morgan fingerprint density at radius 2 is 2.19 bits per heavy atom. The van der Waals surface area contributed by atoms with Gasteiger partial charge in [-0.3, -0.25) is 4.79 Å². The number of nitriles is 1. The van der Waals surface area contributed by atoms with Crippen molar-refractivity contribution >= 4 is 12.1 Å². The Bertz CT molecular complexity index is 574. The third-order valence-electron chi connectivity index (χ3n) is 4.10. The van der Waals surface area contributed by atoms with Crippen LogP contribution in [0.15, 0.2) is 11.2 Å². The second kappa shape index (κ2) is 7.07. The number of nitrogens with one attached hydrogen (secondary N) is 1. The van der Waals surface area contributed by atoms with Crippen LogP contribution in [0.3, 0.4) is 0 Å². The van der Waals surface area contributed by atoms with Crippen molar-refractivity contribution in [2.45, 2.75) is 58.4 Å². The predicted octanol–water partition coefficient (Wildman–Crippen LogP) is 2.97. The zero-order valence-corrected chi connectivity index (χ0v) is 12.7. The van der Waals surface area contributed by atoms with Crippen LogP contribution in [-0.2, 0) is 4.79 Å². The van der Waals surface area contributed by atoms with Gasteiger partial charge in [-0.1, -0.05) is 19.3 Å². The molecule has 2 rings (SSSR count). The van der Waals surface area contributed by atoms with Gasteiger partial charge in [0.15, 0.2) is 0 Å². The van der Waals surface area contributed by atoms with Gasteiger partial charge < -0.3 is 4.57 Å². The molecule has 1 N–H and O–H groups in total. The number of hydrogen-bond donors (Lipinski definition) is 1. The van der Waals surface area contributed by atoms with Crippen LogP contribution >= 0.6 is 0 Å². The van der Waals surface area contributed by atoms with E-state index in [1.807, 2.05) is 0 Å². The van der Waals surface area contributed by atoms with Gasteiger partial charge in [-0.25, -0.2) is 5.43 Å². The van der Waals surface area contributed by atoms with Gasteiger partial charge in [0.05, 0.1) is 12.3 Å². The molecule has 21 heavy (non-hydrogen) atoms. The van der Waals surface area contributed by atoms with Crippen molar-refractivity contribution in [1.82, 2.24) is 9.99 Å². The first-order valence-electron chi connectivity index (χ1n) is 7.50. The molecule has 1 heterocycles. The molecule has 0 radical (unpaired) electrons. The number of hydrazone groups is 1. The second-order valence-corrected chi connectivity index (χ2v) is 5.62. The van der Waals surface area contributed by atoms with Crippen LogP contribution in [-0.4, -0.2) is 16.7 Å². The average molecular weight is 286 g/mol. The fourth-order valence-corrected chi connectivity index (χ4v) is 3.12. The van der Waals surface area contributed by atoms with E-state index in [0.717, 1.165) is 5.56 Å². The molecule has 5 nitrogen and oxygen atoms in total. The largest absolute Gasteiger partial charge is 0.345 e. The monoisotopic (exact) mass is 286 g/mol. The maximum Gasteiger partial charge on any atom is 0.254 e. The predicted molar refractivity (Wildman–Crippen MR) is 82.0 cm³/mol. The third-order valence-corrected chi connectivity index (χ3v) is 4.10. The Morgan fingerprint density at radius 1 is 1.48 bits per heavy atom. The fourth-order valence-electron chi connectivity index (χ4n) is 3.12. The lowest BCUT2D eigenvalue weighted by molar-refractivity contribution is -0.120. The lowest BCUT2D eigenvalue weighted by Crippen LogP contribution is -2.16. The number of hydrogen-bond acceptors (Lipinski definition) is 3. The van der Waals surface area contributed by atoms with E-state index in [9.17, 15) is 4.79 Å². The van der Waals surface area contributed by atoms with Crippen LogP contribution < -0.4 is 5.43 Å². The molecule has 0 atom stereocenters. The number of aryl methyl sites for hydroxylation is 1. The molecule has 1 amide bonds. The summed E-state index contributed by atoms with van der Waals surface area (Å²) in [6.07, 6.45) is 7.92. The minimum atomic E-state index is -0.380. The van der Waals surface area contributed by atoms with Gasteiger partial charge >= 0.3 is 0 Å². The molecule has 1 aromatic heterocycles. The molecule has 0 bridgehead atoms. The molecule has 0 saturated heterocycles. The summed E-state index contributed by atoms with van der Waals surface area (Å²) in [5, 5.41) is 12.3. The number of amides is 1. The highest BCUT2D eigenvalue weighted by Gasteiger charge is 2.19. The minimum absolute atomic E-state index is 0.168. The molecule has 0 unspecified atom stereocenters. The maximum absolute atomic E-state index is 11.2. The van der Waals surface area contributed by atoms with Gasteiger partial charge in [0.2, 0.25) is 0 Å². The summed E-state index contributed by atoms with van der Waals surface area (Å²) in [4.78, 5) is 11.2. The van der Waals surface area contributed by atoms with Crippen LogP contribution in [0.25, 0.3) is 0 Å². The Labute approximate surface area is 125 Å². The van der Waals surface area contributed by atoms with Gasteiger partial charge in [-0.05, 0) is 32.8 Å². The quantitative estimate of drug-likeness (QED) is 0.683. The van der Waals surface area contributed by atoms with Gasteiger partial charge in [0.25, 0.3) is 5.91 Å². The molecule has 0 aliphatic heterocycles. The summed E-state index contributed by atoms with van der Waals surface area (Å²) in [6, 6.07) is 4.49. The Hall–Kier alpha value is -2.09. The summed E-state index contributed by atoms with van der Waals surface area (Å²) >= 11 is 0. The van der Waals surface area contributed by atoms with Gasteiger partial charge in [-0.15, -0.1) is 0 Å². The number of aromatic nitrogens is 1. The van der Waals surface area contributed by atoms with E-state index in [0.29, 0.717) is 6.04 Å². The number of carbonyl (C=O) groups excluding carboxylic acids is 1. The van der Waals surface area contributed by atoms with E-state index in [2.05, 4.69) is 35.0 Å². The van der Waals surface area contributed by atoms with Crippen LogP contribution in [0.4, 0.5) is 0 Å². The van der Waals surface area contributed by atoms with E-state index in [1.165, 1.54) is 43.5 Å². The first kappa shape index (κ1) is 15.3. The van der Waals surface area contributed by atoms with Gasteiger partial charge in [0.1, 0.15) is 6.42 Å². The summed E-state index contributed by atoms with van der Waals surface area (Å²) in [5.74, 6) is -0.380. The highest BCUT2D eigenvalue weighted by molar-refractivity contribution is 5.84. The van der Waals surface area contributed by atoms with E-state index in [-0.39, 0.29) is 12.3 Å². The van der Waals surface area contributed by atoms with Crippen LogP contribution in [0.1, 0.15) is 61.5 Å². The number of nitrogens with zero attached hydrogens (tertiary/aromatic N) is 3. The van der Waals surface area contributed by atoms with E-state index < -0.39 is 0 Å². The van der Waals surface area contributed by atoms with Crippen molar-refractivity contribution < 1.29 is 4.79 Å². The molecule has 1 aromatic rings. The molecule has 0 spiro atoms. The Balaban J connectivity index is 2.09. The first-order chi connectivity index (χ1) is 10.1. The van der Waals surface area contributed by atoms with E-state index >= 15 is 0 Å². The molecule has 0 aromatic carbocycles. The summed E-state index contributed by atoms with van der Waals surface area (Å²) in [6.45, 7) is 4.22. The zero-order chi connectivity index (χ0) is 15.2. The highest BCUT2D eigenvalue weighted by Crippen LogP contribution is 2.31. The molecule has 1 saturated carbocycles. The molecular weight excluding hydrogens is 264 g/mol. The molecule has 112 valence electrons. The topological polar surface area (TPSA) is 70.2 Å². The fraction of sp³-hybridized carbons (Fsp3) is 0.562. The van der Waals surface area contributed by atoms with Crippen molar-refractivity contribution in [1.29, 1.82) is 5.26 Å². The smallest absolute Gasteiger partial charge is 0.254 e. The summed E-state index contributed by atoms with van der Waals surface area (Å²) in [5.41, 5.74) is 5.82. The van der Waals surface area contributed by atoms with Crippen LogP contribution in [0, 0.1) is 25.2 Å². The van der Waals surface area contributed by atoms with Gasteiger partial charge in [0, 0.05) is 23.0 Å².